The van der Waals surface area contributed by atoms with Gasteiger partial charge in [0.05, 0.1) is 6.61 Å². The second-order valence-electron chi connectivity index (χ2n) is 27.5. The molecule has 1 unspecified atom stereocenters. The molecule has 85 heavy (non-hydrogen) atoms. The maximum atomic E-state index is 12.4. The number of ether oxygens (including phenoxy) is 2. The summed E-state index contributed by atoms with van der Waals surface area (Å²) in [6.45, 7) is 4.22. The molecule has 0 heterocycles. The number of hydrogen-bond acceptors (Lipinski definition) is 5. The van der Waals surface area contributed by atoms with Gasteiger partial charge in [0.1, 0.15) is 6.61 Å². The summed E-state index contributed by atoms with van der Waals surface area (Å²) in [5.74, 6) is -0.559. The van der Waals surface area contributed by atoms with Gasteiger partial charge in [0.15, 0.2) is 6.10 Å². The van der Waals surface area contributed by atoms with E-state index < -0.39 is 6.10 Å². The van der Waals surface area contributed by atoms with E-state index in [9.17, 15) is 14.7 Å². The molecule has 0 fully saturated rings. The second-order valence-corrected chi connectivity index (χ2v) is 27.5. The molecule has 0 spiro atoms. The smallest absolute Gasteiger partial charge is 0.306 e. The molecule has 0 aliphatic rings. The molecule has 0 saturated heterocycles. The Morgan fingerprint density at radius 2 is 0.435 bits per heavy atom. The predicted molar refractivity (Wildman–Crippen MR) is 376 cm³/mol. The normalized spacial score (nSPS) is 12.1. The van der Waals surface area contributed by atoms with Crippen molar-refractivity contribution in [1.82, 2.24) is 0 Å². The van der Waals surface area contributed by atoms with Crippen molar-refractivity contribution >= 4 is 11.9 Å². The van der Waals surface area contributed by atoms with Crippen LogP contribution in [0, 0.1) is 0 Å². The highest BCUT2D eigenvalue weighted by atomic mass is 16.6. The maximum Gasteiger partial charge on any atom is 0.306 e. The van der Waals surface area contributed by atoms with Gasteiger partial charge in [0, 0.05) is 12.8 Å². The highest BCUT2D eigenvalue weighted by molar-refractivity contribution is 5.70. The Bertz CT molecular complexity index is 1260. The summed E-state index contributed by atoms with van der Waals surface area (Å²) in [5, 5.41) is 9.72. The van der Waals surface area contributed by atoms with Gasteiger partial charge in [-0.25, -0.2) is 0 Å². The molecular formula is C80H156O5. The Morgan fingerprint density at radius 1 is 0.259 bits per heavy atom. The van der Waals surface area contributed by atoms with Crippen LogP contribution in [-0.2, 0) is 19.1 Å². The van der Waals surface area contributed by atoms with Crippen molar-refractivity contribution in [2.45, 2.75) is 476 Å². The van der Waals surface area contributed by atoms with Gasteiger partial charge in [-0.2, -0.15) is 0 Å². The van der Waals surface area contributed by atoms with Crippen LogP contribution in [0.4, 0.5) is 0 Å². The fourth-order valence-electron chi connectivity index (χ4n) is 12.9. The number of aliphatic hydroxyl groups is 1. The average molecular weight is 1200 g/mol. The van der Waals surface area contributed by atoms with Crippen LogP contribution in [0.1, 0.15) is 470 Å². The zero-order valence-corrected chi connectivity index (χ0v) is 58.4. The van der Waals surface area contributed by atoms with E-state index in [0.29, 0.717) is 12.8 Å². The number of rotatable bonds is 76. The quantitative estimate of drug-likeness (QED) is 0.0373. The third-order valence-electron chi connectivity index (χ3n) is 18.8. The van der Waals surface area contributed by atoms with Crippen LogP contribution in [0.2, 0.25) is 0 Å². The first-order chi connectivity index (χ1) is 42.1. The SMILES string of the molecule is CCCCCCCCCC/C=C\CCCCCCCCCCCCCCCCCCCCCC(=O)OC(CO)COC(=O)CCCCCCCCCCCCCCCCCCCCCCCCCCCCCCCCCCCCCCCCCC. The van der Waals surface area contributed by atoms with Crippen LogP contribution in [0.25, 0.3) is 0 Å². The first kappa shape index (κ1) is 83.6. The predicted octanol–water partition coefficient (Wildman–Crippen LogP) is 27.7. The van der Waals surface area contributed by atoms with Crippen molar-refractivity contribution in [1.29, 1.82) is 0 Å². The lowest BCUT2D eigenvalue weighted by Gasteiger charge is -2.15. The lowest BCUT2D eigenvalue weighted by molar-refractivity contribution is -0.161. The van der Waals surface area contributed by atoms with Crippen LogP contribution < -0.4 is 0 Å². The lowest BCUT2D eigenvalue weighted by Crippen LogP contribution is -2.28. The fraction of sp³-hybridized carbons (Fsp3) is 0.950. The van der Waals surface area contributed by atoms with Crippen molar-refractivity contribution in [2.75, 3.05) is 13.2 Å². The molecule has 5 heteroatoms. The van der Waals surface area contributed by atoms with E-state index >= 15 is 0 Å². The van der Waals surface area contributed by atoms with E-state index in [-0.39, 0.29) is 25.2 Å². The second kappa shape index (κ2) is 76.9. The Labute approximate surface area is 534 Å². The van der Waals surface area contributed by atoms with Gasteiger partial charge < -0.3 is 14.6 Å². The van der Waals surface area contributed by atoms with Gasteiger partial charge >= 0.3 is 11.9 Å². The molecule has 0 aromatic carbocycles. The number of carbonyl (C=O) groups excluding carboxylic acids is 2. The Morgan fingerprint density at radius 3 is 0.635 bits per heavy atom. The molecule has 0 radical (unpaired) electrons. The van der Waals surface area contributed by atoms with Crippen molar-refractivity contribution < 1.29 is 24.2 Å². The Kier molecular flexibility index (Phi) is 75.7. The third-order valence-corrected chi connectivity index (χ3v) is 18.8. The van der Waals surface area contributed by atoms with E-state index in [1.165, 1.54) is 411 Å². The number of unbranched alkanes of at least 4 members (excludes halogenated alkanes) is 66. The molecule has 0 aliphatic carbocycles. The minimum atomic E-state index is -0.768. The number of carbonyl (C=O) groups is 2. The van der Waals surface area contributed by atoms with Crippen molar-refractivity contribution in [3.8, 4) is 0 Å². The number of esters is 2. The average Bonchev–Trinajstić information content (AvgIpc) is 3.51. The summed E-state index contributed by atoms with van der Waals surface area (Å²) in [6.07, 6.45) is 100. The summed E-state index contributed by atoms with van der Waals surface area (Å²) in [7, 11) is 0. The van der Waals surface area contributed by atoms with Crippen LogP contribution >= 0.6 is 0 Å². The Balaban J connectivity index is 3.33. The molecule has 506 valence electrons. The molecular weight excluding hydrogens is 1040 g/mol. The van der Waals surface area contributed by atoms with Gasteiger partial charge in [-0.1, -0.05) is 431 Å². The number of hydrogen-bond donors (Lipinski definition) is 1. The van der Waals surface area contributed by atoms with Crippen LogP contribution in [0.5, 0.6) is 0 Å². The van der Waals surface area contributed by atoms with E-state index in [0.717, 1.165) is 32.1 Å². The van der Waals surface area contributed by atoms with E-state index in [1.807, 2.05) is 0 Å². The Hall–Kier alpha value is -1.36. The summed E-state index contributed by atoms with van der Waals surface area (Å²) in [6, 6.07) is 0. The first-order valence-electron chi connectivity index (χ1n) is 39.7. The van der Waals surface area contributed by atoms with Gasteiger partial charge in [0.2, 0.25) is 0 Å². The largest absolute Gasteiger partial charge is 0.462 e. The summed E-state index contributed by atoms with van der Waals surface area (Å²) in [5.41, 5.74) is 0. The molecule has 0 rings (SSSR count). The van der Waals surface area contributed by atoms with Crippen molar-refractivity contribution in [3.05, 3.63) is 12.2 Å². The summed E-state index contributed by atoms with van der Waals surface area (Å²) >= 11 is 0. The van der Waals surface area contributed by atoms with Crippen LogP contribution in [-0.4, -0.2) is 36.4 Å². The third kappa shape index (κ3) is 75.0. The molecule has 0 aromatic heterocycles. The zero-order valence-electron chi connectivity index (χ0n) is 58.4. The minimum Gasteiger partial charge on any atom is -0.462 e. The molecule has 5 nitrogen and oxygen atoms in total. The highest BCUT2D eigenvalue weighted by Crippen LogP contribution is 2.21. The fourth-order valence-corrected chi connectivity index (χ4v) is 12.9. The monoisotopic (exact) mass is 1200 g/mol. The van der Waals surface area contributed by atoms with Gasteiger partial charge in [-0.05, 0) is 38.5 Å². The summed E-state index contributed by atoms with van der Waals surface area (Å²) in [4.78, 5) is 24.7. The molecule has 1 N–H and O–H groups in total. The molecule has 1 atom stereocenters. The number of aliphatic hydroxyl groups excluding tert-OH is 1. The van der Waals surface area contributed by atoms with E-state index in [2.05, 4.69) is 26.0 Å². The lowest BCUT2D eigenvalue weighted by atomic mass is 10.0. The topological polar surface area (TPSA) is 72.8 Å². The van der Waals surface area contributed by atoms with Gasteiger partial charge in [-0.3, -0.25) is 9.59 Å². The zero-order chi connectivity index (χ0) is 61.2. The van der Waals surface area contributed by atoms with Crippen molar-refractivity contribution in [2.24, 2.45) is 0 Å². The minimum absolute atomic E-state index is 0.0565. The van der Waals surface area contributed by atoms with Crippen LogP contribution in [0.3, 0.4) is 0 Å². The summed E-state index contributed by atoms with van der Waals surface area (Å²) < 4.78 is 10.8. The number of allylic oxidation sites excluding steroid dienone is 2. The van der Waals surface area contributed by atoms with Gasteiger partial charge in [-0.15, -0.1) is 0 Å². The maximum absolute atomic E-state index is 12.4. The molecule has 0 amide bonds. The molecule has 0 bridgehead atoms. The standard InChI is InChI=1S/C80H156O5/c1-3-5-7-9-11-13-15-17-19-21-23-25-27-29-31-33-35-36-37-38-39-40-41-42-43-45-46-48-50-52-54-56-58-60-62-64-66-68-70-72-74-79(82)84-77-78(76-81)85-80(83)75-73-71-69-67-65-63-61-59-57-55-53-51-49-47-44-34-32-30-28-26-24-22-20-18-16-14-12-10-8-6-4-2/h22,24,78,81H,3-21,23,25-77H2,1-2H3/b24-22-. The highest BCUT2D eigenvalue weighted by Gasteiger charge is 2.16. The molecule has 0 aromatic rings. The van der Waals surface area contributed by atoms with Gasteiger partial charge in [0.25, 0.3) is 0 Å². The van der Waals surface area contributed by atoms with E-state index in [1.54, 1.807) is 0 Å². The molecule has 0 aliphatic heterocycles. The molecule has 0 saturated carbocycles. The van der Waals surface area contributed by atoms with Crippen molar-refractivity contribution in [3.63, 3.8) is 0 Å². The van der Waals surface area contributed by atoms with Crippen LogP contribution in [0.15, 0.2) is 12.2 Å². The van der Waals surface area contributed by atoms with E-state index in [4.69, 9.17) is 9.47 Å². The first-order valence-corrected chi connectivity index (χ1v) is 39.7.